The molecule has 4 nitrogen and oxygen atoms in total. The number of nitrogens with one attached hydrogen (secondary N) is 1. The molecule has 1 rings (SSSR count). The summed E-state index contributed by atoms with van der Waals surface area (Å²) in [5, 5.41) is 19.8. The predicted molar refractivity (Wildman–Crippen MR) is 29.6 cm³/mol. The number of aliphatic hydroxyl groups excluding tert-OH is 2. The van der Waals surface area contributed by atoms with E-state index in [1.165, 1.54) is 0 Å². The molecule has 9 heavy (non-hydrogen) atoms. The van der Waals surface area contributed by atoms with Gasteiger partial charge in [-0.2, -0.15) is 0 Å². The first-order chi connectivity index (χ1) is 4.24. The van der Waals surface area contributed by atoms with Gasteiger partial charge in [0.05, 0.1) is 25.2 Å². The molecule has 0 aromatic heterocycles. The van der Waals surface area contributed by atoms with E-state index in [1.807, 2.05) is 0 Å². The van der Waals surface area contributed by atoms with Crippen molar-refractivity contribution < 1.29 is 15.0 Å². The molecule has 0 unspecified atom stereocenters. The summed E-state index contributed by atoms with van der Waals surface area (Å²) in [6.45, 7) is -0.188. The number of carbonyl (C=O) groups excluding carboxylic acids is 1. The molecule has 1 heterocycles. The van der Waals surface area contributed by atoms with Gasteiger partial charge in [-0.05, 0) is 0 Å². The van der Waals surface area contributed by atoms with Gasteiger partial charge in [-0.1, -0.05) is 0 Å². The van der Waals surface area contributed by atoms with Crippen molar-refractivity contribution in [3.8, 4) is 0 Å². The predicted octanol–water partition coefficient (Wildman–Crippen LogP) is -1.77. The zero-order valence-corrected chi connectivity index (χ0v) is 4.87. The van der Waals surface area contributed by atoms with Crippen LogP contribution in [-0.4, -0.2) is 34.9 Å². The summed E-state index contributed by atoms with van der Waals surface area (Å²) in [4.78, 5) is 10.4. The lowest BCUT2D eigenvalue weighted by atomic mass is 10.2. The fourth-order valence-corrected chi connectivity index (χ4v) is 0.861. The molecular formula is C5H9NO3. The van der Waals surface area contributed by atoms with Crippen LogP contribution in [0.4, 0.5) is 0 Å². The van der Waals surface area contributed by atoms with E-state index in [0.29, 0.717) is 0 Å². The molecule has 1 amide bonds. The molecule has 0 aromatic rings. The lowest BCUT2D eigenvalue weighted by molar-refractivity contribution is -0.119. The standard InChI is InChI=1S/C5H9NO3/c7-2-3-4(8)1-5(9)6-3/h3-4,7-8H,1-2H2,(H,6,9)/t3-,4+/m1/s1. The maximum Gasteiger partial charge on any atom is 0.223 e. The van der Waals surface area contributed by atoms with Gasteiger partial charge in [0.2, 0.25) is 5.91 Å². The molecule has 1 saturated heterocycles. The Kier molecular flexibility index (Phi) is 1.68. The van der Waals surface area contributed by atoms with Crippen LogP contribution in [0.5, 0.6) is 0 Å². The molecule has 0 radical (unpaired) electrons. The number of hydrogen-bond donors (Lipinski definition) is 3. The van der Waals surface area contributed by atoms with Crippen LogP contribution in [0.3, 0.4) is 0 Å². The summed E-state index contributed by atoms with van der Waals surface area (Å²) in [6, 6.07) is -0.447. The number of amides is 1. The molecule has 0 bridgehead atoms. The van der Waals surface area contributed by atoms with Crippen molar-refractivity contribution in [2.75, 3.05) is 6.61 Å². The van der Waals surface area contributed by atoms with E-state index in [4.69, 9.17) is 10.2 Å². The van der Waals surface area contributed by atoms with Crippen LogP contribution in [0.15, 0.2) is 0 Å². The fraction of sp³-hybridized carbons (Fsp3) is 0.800. The molecule has 0 saturated carbocycles. The van der Waals surface area contributed by atoms with Crippen molar-refractivity contribution in [1.29, 1.82) is 0 Å². The summed E-state index contributed by atoms with van der Waals surface area (Å²) >= 11 is 0. The topological polar surface area (TPSA) is 69.6 Å². The molecular weight excluding hydrogens is 122 g/mol. The van der Waals surface area contributed by atoms with Gasteiger partial charge in [-0.25, -0.2) is 0 Å². The van der Waals surface area contributed by atoms with E-state index in [-0.39, 0.29) is 18.9 Å². The van der Waals surface area contributed by atoms with Gasteiger partial charge in [-0.15, -0.1) is 0 Å². The first-order valence-corrected chi connectivity index (χ1v) is 2.82. The maximum absolute atomic E-state index is 10.4. The molecule has 1 fully saturated rings. The third kappa shape index (κ3) is 1.20. The summed E-state index contributed by atoms with van der Waals surface area (Å²) in [5.74, 6) is -0.193. The minimum absolute atomic E-state index is 0.116. The number of carbonyl (C=O) groups is 1. The summed E-state index contributed by atoms with van der Waals surface area (Å²) < 4.78 is 0. The molecule has 0 spiro atoms. The molecule has 3 N–H and O–H groups in total. The summed E-state index contributed by atoms with van der Waals surface area (Å²) in [5.41, 5.74) is 0. The summed E-state index contributed by atoms with van der Waals surface area (Å²) in [6.07, 6.45) is -0.590. The van der Waals surface area contributed by atoms with Crippen LogP contribution in [0.2, 0.25) is 0 Å². The van der Waals surface area contributed by atoms with Crippen LogP contribution < -0.4 is 5.32 Å². The molecule has 1 aliphatic rings. The average Bonchev–Trinajstić information content (AvgIpc) is 2.10. The van der Waals surface area contributed by atoms with Gasteiger partial charge < -0.3 is 15.5 Å². The van der Waals surface area contributed by atoms with E-state index in [1.54, 1.807) is 0 Å². The Hall–Kier alpha value is -0.610. The highest BCUT2D eigenvalue weighted by Gasteiger charge is 2.29. The highest BCUT2D eigenvalue weighted by molar-refractivity contribution is 5.79. The number of aliphatic hydroxyl groups is 2. The normalized spacial score (nSPS) is 34.7. The van der Waals surface area contributed by atoms with E-state index in [9.17, 15) is 4.79 Å². The van der Waals surface area contributed by atoms with Crippen LogP contribution >= 0.6 is 0 Å². The Morgan fingerprint density at radius 3 is 2.67 bits per heavy atom. The van der Waals surface area contributed by atoms with E-state index >= 15 is 0 Å². The third-order valence-corrected chi connectivity index (χ3v) is 1.40. The van der Waals surface area contributed by atoms with Crippen molar-refractivity contribution in [2.45, 2.75) is 18.6 Å². The van der Waals surface area contributed by atoms with Gasteiger partial charge in [0.25, 0.3) is 0 Å². The van der Waals surface area contributed by atoms with Gasteiger partial charge in [0.15, 0.2) is 0 Å². The Labute approximate surface area is 52.5 Å². The molecule has 0 aliphatic carbocycles. The molecule has 2 atom stereocenters. The van der Waals surface area contributed by atoms with Crippen LogP contribution in [0.25, 0.3) is 0 Å². The highest BCUT2D eigenvalue weighted by atomic mass is 16.3. The van der Waals surface area contributed by atoms with Crippen LogP contribution in [0, 0.1) is 0 Å². The second-order valence-corrected chi connectivity index (χ2v) is 2.13. The maximum atomic E-state index is 10.4. The summed E-state index contributed by atoms with van der Waals surface area (Å²) in [7, 11) is 0. The Morgan fingerprint density at radius 2 is 2.44 bits per heavy atom. The van der Waals surface area contributed by atoms with Crippen molar-refractivity contribution in [3.63, 3.8) is 0 Å². The van der Waals surface area contributed by atoms with Crippen LogP contribution in [0.1, 0.15) is 6.42 Å². The van der Waals surface area contributed by atoms with Gasteiger partial charge >= 0.3 is 0 Å². The highest BCUT2D eigenvalue weighted by Crippen LogP contribution is 2.06. The Morgan fingerprint density at radius 1 is 1.78 bits per heavy atom. The number of rotatable bonds is 1. The Balaban J connectivity index is 2.47. The van der Waals surface area contributed by atoms with Gasteiger partial charge in [-0.3, -0.25) is 4.79 Å². The number of hydrogen-bond acceptors (Lipinski definition) is 3. The van der Waals surface area contributed by atoms with Crippen molar-refractivity contribution in [3.05, 3.63) is 0 Å². The van der Waals surface area contributed by atoms with E-state index in [2.05, 4.69) is 5.32 Å². The van der Waals surface area contributed by atoms with Gasteiger partial charge in [0, 0.05) is 0 Å². The van der Waals surface area contributed by atoms with Crippen molar-refractivity contribution in [2.24, 2.45) is 0 Å². The van der Waals surface area contributed by atoms with Gasteiger partial charge in [0.1, 0.15) is 0 Å². The largest absolute Gasteiger partial charge is 0.394 e. The third-order valence-electron chi connectivity index (χ3n) is 1.40. The van der Waals surface area contributed by atoms with Crippen molar-refractivity contribution in [1.82, 2.24) is 5.32 Å². The monoisotopic (exact) mass is 131 g/mol. The van der Waals surface area contributed by atoms with E-state index in [0.717, 1.165) is 0 Å². The fourth-order valence-electron chi connectivity index (χ4n) is 0.861. The average molecular weight is 131 g/mol. The minimum atomic E-state index is -0.706. The first-order valence-electron chi connectivity index (χ1n) is 2.82. The lowest BCUT2D eigenvalue weighted by Crippen LogP contribution is -2.34. The molecule has 52 valence electrons. The zero-order chi connectivity index (χ0) is 6.85. The zero-order valence-electron chi connectivity index (χ0n) is 4.87. The second kappa shape index (κ2) is 2.33. The lowest BCUT2D eigenvalue weighted by Gasteiger charge is -2.08. The molecule has 1 aliphatic heterocycles. The van der Waals surface area contributed by atoms with Crippen LogP contribution in [-0.2, 0) is 4.79 Å². The SMILES string of the molecule is O=C1C[C@H](O)[C@@H](CO)N1. The Bertz CT molecular complexity index is 125. The van der Waals surface area contributed by atoms with E-state index < -0.39 is 12.1 Å². The first kappa shape index (κ1) is 6.51. The quantitative estimate of drug-likeness (QED) is 0.394. The molecule has 0 aromatic carbocycles. The minimum Gasteiger partial charge on any atom is -0.394 e. The smallest absolute Gasteiger partial charge is 0.223 e. The molecule has 4 heteroatoms. The van der Waals surface area contributed by atoms with Crippen molar-refractivity contribution >= 4 is 5.91 Å². The second-order valence-electron chi connectivity index (χ2n) is 2.13.